The maximum atomic E-state index is 10.8. The van der Waals surface area contributed by atoms with E-state index in [4.69, 9.17) is 5.26 Å². The number of hydrogen-bond donors (Lipinski definition) is 3. The van der Waals surface area contributed by atoms with Gasteiger partial charge in [-0.15, -0.1) is 0 Å². The zero-order valence-electron chi connectivity index (χ0n) is 17.9. The summed E-state index contributed by atoms with van der Waals surface area (Å²) in [6.07, 6.45) is 1.00. The van der Waals surface area contributed by atoms with Gasteiger partial charge in [0.25, 0.3) is 0 Å². The van der Waals surface area contributed by atoms with Crippen LogP contribution in [0.4, 0.5) is 23.1 Å². The quantitative estimate of drug-likeness (QED) is 0.379. The number of benzene rings is 3. The fourth-order valence-electron chi connectivity index (χ4n) is 3.55. The second-order valence-electron chi connectivity index (χ2n) is 7.55. The van der Waals surface area contributed by atoms with Crippen LogP contribution in [0.1, 0.15) is 33.9 Å². The van der Waals surface area contributed by atoms with E-state index < -0.39 is 6.10 Å². The molecule has 0 unspecified atom stereocenters. The van der Waals surface area contributed by atoms with Crippen molar-refractivity contribution in [2.45, 2.75) is 20.0 Å². The summed E-state index contributed by atoms with van der Waals surface area (Å²) in [5.41, 5.74) is 6.07. The first-order chi connectivity index (χ1) is 15.5. The smallest absolute Gasteiger partial charge is 0.229 e. The van der Waals surface area contributed by atoms with Gasteiger partial charge in [0.2, 0.25) is 5.95 Å². The Balaban J connectivity index is 1.54. The molecule has 0 aliphatic rings. The standard InChI is InChI=1S/C26H23N5O/c1-17-14-21(25(32)20-6-4-3-5-7-20)15-18(2)24(17)30-23-12-13-28-26(31-23)29-22-10-8-19(16-27)9-11-22/h3-15,25,32H,1-2H3,(H2,28,29,30,31)/t25-/m1/s1. The fraction of sp³-hybridized carbons (Fsp3) is 0.115. The number of nitrogens with zero attached hydrogens (tertiary/aromatic N) is 3. The van der Waals surface area contributed by atoms with Gasteiger partial charge in [0.15, 0.2) is 0 Å². The molecule has 4 rings (SSSR count). The van der Waals surface area contributed by atoms with Crippen molar-refractivity contribution in [1.82, 2.24) is 9.97 Å². The first-order valence-electron chi connectivity index (χ1n) is 10.2. The molecule has 0 amide bonds. The molecule has 158 valence electrons. The van der Waals surface area contributed by atoms with Crippen molar-refractivity contribution < 1.29 is 5.11 Å². The summed E-state index contributed by atoms with van der Waals surface area (Å²) in [7, 11) is 0. The number of hydrogen-bond acceptors (Lipinski definition) is 6. The lowest BCUT2D eigenvalue weighted by Gasteiger charge is -2.18. The average Bonchev–Trinajstić information content (AvgIpc) is 2.82. The van der Waals surface area contributed by atoms with Crippen molar-refractivity contribution in [3.63, 3.8) is 0 Å². The molecule has 1 atom stereocenters. The Morgan fingerprint density at radius 1 is 0.875 bits per heavy atom. The van der Waals surface area contributed by atoms with E-state index >= 15 is 0 Å². The third-order valence-electron chi connectivity index (χ3n) is 5.16. The van der Waals surface area contributed by atoms with Gasteiger partial charge in [0.1, 0.15) is 11.9 Å². The van der Waals surface area contributed by atoms with E-state index in [0.717, 1.165) is 33.6 Å². The molecule has 0 fully saturated rings. The molecule has 0 radical (unpaired) electrons. The van der Waals surface area contributed by atoms with E-state index in [1.807, 2.05) is 68.4 Å². The number of aromatic nitrogens is 2. The van der Waals surface area contributed by atoms with Crippen molar-refractivity contribution >= 4 is 23.1 Å². The number of aryl methyl sites for hydroxylation is 2. The number of nitrogens with one attached hydrogen (secondary N) is 2. The Labute approximate surface area is 187 Å². The summed E-state index contributed by atoms with van der Waals surface area (Å²) in [6, 6.07) is 24.6. The molecule has 0 saturated heterocycles. The summed E-state index contributed by atoms with van der Waals surface area (Å²) in [5, 5.41) is 26.2. The first kappa shape index (κ1) is 21.0. The van der Waals surface area contributed by atoms with Gasteiger partial charge < -0.3 is 15.7 Å². The summed E-state index contributed by atoms with van der Waals surface area (Å²) in [4.78, 5) is 8.82. The Morgan fingerprint density at radius 2 is 1.56 bits per heavy atom. The summed E-state index contributed by atoms with van der Waals surface area (Å²) in [6.45, 7) is 4.02. The van der Waals surface area contributed by atoms with Crippen LogP contribution in [0.3, 0.4) is 0 Å². The monoisotopic (exact) mass is 421 g/mol. The summed E-state index contributed by atoms with van der Waals surface area (Å²) >= 11 is 0. The van der Waals surface area contributed by atoms with Crippen LogP contribution < -0.4 is 10.6 Å². The topological polar surface area (TPSA) is 93.9 Å². The van der Waals surface area contributed by atoms with Gasteiger partial charge in [0.05, 0.1) is 11.6 Å². The SMILES string of the molecule is Cc1cc([C@H](O)c2ccccc2)cc(C)c1Nc1ccnc(Nc2ccc(C#N)cc2)n1. The number of aliphatic hydroxyl groups is 1. The Kier molecular flexibility index (Phi) is 6.11. The highest BCUT2D eigenvalue weighted by Crippen LogP contribution is 2.30. The zero-order valence-corrected chi connectivity index (χ0v) is 17.9. The van der Waals surface area contributed by atoms with Gasteiger partial charge in [-0.1, -0.05) is 42.5 Å². The molecule has 3 N–H and O–H groups in total. The zero-order chi connectivity index (χ0) is 22.5. The fourth-order valence-corrected chi connectivity index (χ4v) is 3.55. The van der Waals surface area contributed by atoms with E-state index in [0.29, 0.717) is 17.3 Å². The van der Waals surface area contributed by atoms with Gasteiger partial charge in [-0.3, -0.25) is 0 Å². The van der Waals surface area contributed by atoms with Crippen LogP contribution in [0.15, 0.2) is 79.0 Å². The molecule has 6 nitrogen and oxygen atoms in total. The van der Waals surface area contributed by atoms with Crippen molar-refractivity contribution in [1.29, 1.82) is 5.26 Å². The molecule has 0 aliphatic heterocycles. The molecule has 0 spiro atoms. The van der Waals surface area contributed by atoms with Gasteiger partial charge in [-0.05, 0) is 66.4 Å². The second kappa shape index (κ2) is 9.29. The molecule has 0 aliphatic carbocycles. The van der Waals surface area contributed by atoms with Crippen LogP contribution >= 0.6 is 0 Å². The number of nitriles is 1. The van der Waals surface area contributed by atoms with Crippen molar-refractivity contribution in [2.75, 3.05) is 10.6 Å². The molecule has 3 aromatic carbocycles. The minimum atomic E-state index is -0.676. The maximum absolute atomic E-state index is 10.8. The average molecular weight is 422 g/mol. The third-order valence-corrected chi connectivity index (χ3v) is 5.16. The van der Waals surface area contributed by atoms with Crippen molar-refractivity contribution in [3.05, 3.63) is 107 Å². The number of aliphatic hydroxyl groups excluding tert-OH is 1. The Morgan fingerprint density at radius 3 is 2.22 bits per heavy atom. The van der Waals surface area contributed by atoms with Gasteiger partial charge in [0, 0.05) is 17.6 Å². The van der Waals surface area contributed by atoms with E-state index in [1.165, 1.54) is 0 Å². The first-order valence-corrected chi connectivity index (χ1v) is 10.2. The van der Waals surface area contributed by atoms with E-state index in [-0.39, 0.29) is 0 Å². The highest BCUT2D eigenvalue weighted by molar-refractivity contribution is 5.66. The van der Waals surface area contributed by atoms with E-state index in [9.17, 15) is 5.11 Å². The molecular formula is C26H23N5O. The molecule has 4 aromatic rings. The lowest BCUT2D eigenvalue weighted by atomic mass is 9.96. The minimum absolute atomic E-state index is 0.450. The second-order valence-corrected chi connectivity index (χ2v) is 7.55. The highest BCUT2D eigenvalue weighted by atomic mass is 16.3. The number of rotatable bonds is 6. The molecule has 1 aromatic heterocycles. The highest BCUT2D eigenvalue weighted by Gasteiger charge is 2.14. The van der Waals surface area contributed by atoms with E-state index in [2.05, 4.69) is 26.7 Å². The molecular weight excluding hydrogens is 398 g/mol. The van der Waals surface area contributed by atoms with E-state index in [1.54, 1.807) is 24.4 Å². The van der Waals surface area contributed by atoms with Crippen LogP contribution in [0, 0.1) is 25.2 Å². The van der Waals surface area contributed by atoms with Crippen molar-refractivity contribution in [3.8, 4) is 6.07 Å². The largest absolute Gasteiger partial charge is 0.384 e. The normalized spacial score (nSPS) is 11.4. The molecule has 1 heterocycles. The van der Waals surface area contributed by atoms with Crippen molar-refractivity contribution in [2.24, 2.45) is 0 Å². The molecule has 6 heteroatoms. The maximum Gasteiger partial charge on any atom is 0.229 e. The van der Waals surface area contributed by atoms with Crippen LogP contribution in [-0.4, -0.2) is 15.1 Å². The predicted molar refractivity (Wildman–Crippen MR) is 126 cm³/mol. The summed E-state index contributed by atoms with van der Waals surface area (Å²) in [5.74, 6) is 1.10. The Hall–Kier alpha value is -4.21. The minimum Gasteiger partial charge on any atom is -0.384 e. The molecule has 0 saturated carbocycles. The Bertz CT molecular complexity index is 1240. The summed E-state index contributed by atoms with van der Waals surface area (Å²) < 4.78 is 0. The molecule has 0 bridgehead atoms. The van der Waals surface area contributed by atoms with Crippen LogP contribution in [0.25, 0.3) is 0 Å². The number of anilines is 4. The van der Waals surface area contributed by atoms with Gasteiger partial charge >= 0.3 is 0 Å². The lowest BCUT2D eigenvalue weighted by Crippen LogP contribution is -2.05. The van der Waals surface area contributed by atoms with Gasteiger partial charge in [-0.25, -0.2) is 4.98 Å². The molecule has 32 heavy (non-hydrogen) atoms. The lowest BCUT2D eigenvalue weighted by molar-refractivity contribution is 0.220. The van der Waals surface area contributed by atoms with Crippen LogP contribution in [0.5, 0.6) is 0 Å². The third kappa shape index (κ3) is 4.75. The van der Waals surface area contributed by atoms with Crippen LogP contribution in [-0.2, 0) is 0 Å². The van der Waals surface area contributed by atoms with Crippen LogP contribution in [0.2, 0.25) is 0 Å². The predicted octanol–water partition coefficient (Wildman–Crippen LogP) is 5.53. The van der Waals surface area contributed by atoms with Gasteiger partial charge in [-0.2, -0.15) is 10.2 Å².